The quantitative estimate of drug-likeness (QED) is 0.866. The first-order chi connectivity index (χ1) is 10.2. The summed E-state index contributed by atoms with van der Waals surface area (Å²) in [5, 5.41) is 4.93. The number of nitrogens with one attached hydrogen (secondary N) is 1. The molecule has 3 rings (SSSR count). The number of rotatable bonds is 6. The van der Waals surface area contributed by atoms with E-state index in [2.05, 4.69) is 31.0 Å². The lowest BCUT2D eigenvalue weighted by molar-refractivity contribution is 0.356. The maximum Gasteiger partial charge on any atom is 0.185 e. The molecule has 1 N–H and O–H groups in total. The summed E-state index contributed by atoms with van der Waals surface area (Å²) >= 11 is 1.93. The minimum atomic E-state index is 0.778. The first kappa shape index (κ1) is 15.3. The number of anilines is 1. The van der Waals surface area contributed by atoms with Gasteiger partial charge in [0.15, 0.2) is 5.13 Å². The Labute approximate surface area is 133 Å². The fourth-order valence-corrected chi connectivity index (χ4v) is 4.49. The van der Waals surface area contributed by atoms with Crippen molar-refractivity contribution in [2.75, 3.05) is 18.0 Å². The minimum absolute atomic E-state index is 0.778. The Kier molecular flexibility index (Phi) is 4.85. The second kappa shape index (κ2) is 6.66. The molecule has 1 aromatic heterocycles. The van der Waals surface area contributed by atoms with Crippen LogP contribution < -0.4 is 10.2 Å². The minimum Gasteiger partial charge on any atom is -0.348 e. The van der Waals surface area contributed by atoms with E-state index in [1.54, 1.807) is 0 Å². The van der Waals surface area contributed by atoms with Crippen molar-refractivity contribution in [3.63, 3.8) is 0 Å². The predicted octanol–water partition coefficient (Wildman–Crippen LogP) is 3.83. The number of thiazole rings is 1. The van der Waals surface area contributed by atoms with Gasteiger partial charge in [-0.3, -0.25) is 0 Å². The topological polar surface area (TPSA) is 28.2 Å². The number of nitrogens with zero attached hydrogens (tertiary/aromatic N) is 2. The molecular formula is C17H29N3S. The van der Waals surface area contributed by atoms with Crippen LogP contribution in [0.15, 0.2) is 0 Å². The van der Waals surface area contributed by atoms with Gasteiger partial charge in [-0.25, -0.2) is 4.98 Å². The second-order valence-electron chi connectivity index (χ2n) is 7.12. The molecule has 2 unspecified atom stereocenters. The van der Waals surface area contributed by atoms with Crippen molar-refractivity contribution in [2.24, 2.45) is 11.8 Å². The largest absolute Gasteiger partial charge is 0.348 e. The van der Waals surface area contributed by atoms with Crippen molar-refractivity contribution in [3.05, 3.63) is 10.6 Å². The molecule has 0 amide bonds. The van der Waals surface area contributed by atoms with Gasteiger partial charge in [0.2, 0.25) is 0 Å². The van der Waals surface area contributed by atoms with Gasteiger partial charge in [0.1, 0.15) is 0 Å². The van der Waals surface area contributed by atoms with Crippen molar-refractivity contribution in [1.29, 1.82) is 0 Å². The Hall–Kier alpha value is -0.610. The summed E-state index contributed by atoms with van der Waals surface area (Å²) in [5.74, 6) is 1.58. The van der Waals surface area contributed by atoms with E-state index >= 15 is 0 Å². The Balaban J connectivity index is 1.72. The summed E-state index contributed by atoms with van der Waals surface area (Å²) in [6.45, 7) is 10.4. The van der Waals surface area contributed by atoms with Gasteiger partial charge < -0.3 is 10.2 Å². The molecule has 0 radical (unpaired) electrons. The van der Waals surface area contributed by atoms with E-state index in [0.717, 1.165) is 30.8 Å². The van der Waals surface area contributed by atoms with Crippen LogP contribution in [0.2, 0.25) is 0 Å². The van der Waals surface area contributed by atoms with E-state index < -0.39 is 0 Å². The zero-order valence-corrected chi connectivity index (χ0v) is 14.5. The summed E-state index contributed by atoms with van der Waals surface area (Å²) < 4.78 is 0. The molecule has 3 nitrogen and oxygen atoms in total. The molecular weight excluding hydrogens is 278 g/mol. The Morgan fingerprint density at radius 3 is 2.57 bits per heavy atom. The highest BCUT2D eigenvalue weighted by atomic mass is 32.1. The van der Waals surface area contributed by atoms with Crippen LogP contribution in [0.25, 0.3) is 0 Å². The summed E-state index contributed by atoms with van der Waals surface area (Å²) in [6.07, 6.45) is 6.38. The van der Waals surface area contributed by atoms with Gasteiger partial charge in [-0.15, -0.1) is 11.3 Å². The first-order valence-electron chi connectivity index (χ1n) is 8.62. The van der Waals surface area contributed by atoms with Gasteiger partial charge in [-0.1, -0.05) is 27.2 Å². The lowest BCUT2D eigenvalue weighted by Gasteiger charge is -2.34. The molecule has 0 aromatic carbocycles. The van der Waals surface area contributed by atoms with Gasteiger partial charge in [0.05, 0.1) is 5.69 Å². The summed E-state index contributed by atoms with van der Waals surface area (Å²) in [5.41, 5.74) is 1.34. The number of aryl methyl sites for hydroxylation is 1. The van der Waals surface area contributed by atoms with Crippen LogP contribution in [0.3, 0.4) is 0 Å². The number of hydrogen-bond donors (Lipinski definition) is 1. The van der Waals surface area contributed by atoms with E-state index in [4.69, 9.17) is 4.98 Å². The lowest BCUT2D eigenvalue weighted by Crippen LogP contribution is -2.38. The molecule has 1 saturated heterocycles. The number of aromatic nitrogens is 1. The number of hydrogen-bond acceptors (Lipinski definition) is 4. The van der Waals surface area contributed by atoms with E-state index in [1.807, 2.05) is 11.3 Å². The highest BCUT2D eigenvalue weighted by molar-refractivity contribution is 7.15. The van der Waals surface area contributed by atoms with Crippen molar-refractivity contribution in [1.82, 2.24) is 10.3 Å². The van der Waals surface area contributed by atoms with Crippen LogP contribution in [0, 0.1) is 11.8 Å². The summed E-state index contributed by atoms with van der Waals surface area (Å²) in [4.78, 5) is 9.00. The molecule has 1 aliphatic heterocycles. The highest BCUT2D eigenvalue weighted by Gasteiger charge is 2.26. The normalized spacial score (nSPS) is 26.3. The molecule has 118 valence electrons. The van der Waals surface area contributed by atoms with E-state index in [-0.39, 0.29) is 0 Å². The summed E-state index contributed by atoms with van der Waals surface area (Å²) in [6, 6.07) is 0.778. The van der Waals surface area contributed by atoms with Crippen LogP contribution in [0.5, 0.6) is 0 Å². The van der Waals surface area contributed by atoms with E-state index in [1.165, 1.54) is 54.5 Å². The average Bonchev–Trinajstić information content (AvgIpc) is 3.17. The van der Waals surface area contributed by atoms with Crippen molar-refractivity contribution < 1.29 is 0 Å². The average molecular weight is 308 g/mol. The fraction of sp³-hybridized carbons (Fsp3) is 0.824. The van der Waals surface area contributed by atoms with Crippen LogP contribution in [0.1, 0.15) is 57.0 Å². The van der Waals surface area contributed by atoms with E-state index in [0.29, 0.717) is 0 Å². The molecule has 1 aromatic rings. The van der Waals surface area contributed by atoms with Gasteiger partial charge in [0, 0.05) is 30.6 Å². The third-order valence-electron chi connectivity index (χ3n) is 4.52. The van der Waals surface area contributed by atoms with Gasteiger partial charge >= 0.3 is 0 Å². The van der Waals surface area contributed by atoms with Crippen LogP contribution >= 0.6 is 11.3 Å². The van der Waals surface area contributed by atoms with Crippen molar-refractivity contribution >= 4 is 16.5 Å². The van der Waals surface area contributed by atoms with Crippen molar-refractivity contribution in [2.45, 2.75) is 65.5 Å². The Bertz CT molecular complexity index is 457. The maximum atomic E-state index is 5.00. The zero-order valence-electron chi connectivity index (χ0n) is 13.7. The third-order valence-corrected chi connectivity index (χ3v) is 5.68. The molecule has 0 bridgehead atoms. The van der Waals surface area contributed by atoms with Gasteiger partial charge in [0.25, 0.3) is 0 Å². The lowest BCUT2D eigenvalue weighted by atomic mass is 9.92. The monoisotopic (exact) mass is 307 g/mol. The molecule has 21 heavy (non-hydrogen) atoms. The van der Waals surface area contributed by atoms with Gasteiger partial charge in [-0.2, -0.15) is 0 Å². The molecule has 2 atom stereocenters. The standard InChI is InChI=1S/C17H29N3S/c1-4-5-15-16(9-18-14-6-7-14)21-17(19-15)20-10-12(2)8-13(3)11-20/h12-14,18H,4-11H2,1-3H3. The predicted molar refractivity (Wildman–Crippen MR) is 91.1 cm³/mol. The van der Waals surface area contributed by atoms with Crippen LogP contribution in [-0.4, -0.2) is 24.1 Å². The second-order valence-corrected chi connectivity index (χ2v) is 8.18. The molecule has 0 spiro atoms. The van der Waals surface area contributed by atoms with Gasteiger partial charge in [-0.05, 0) is 37.5 Å². The third kappa shape index (κ3) is 3.98. The molecule has 2 fully saturated rings. The Morgan fingerprint density at radius 2 is 1.95 bits per heavy atom. The zero-order chi connectivity index (χ0) is 14.8. The first-order valence-corrected chi connectivity index (χ1v) is 9.44. The maximum absolute atomic E-state index is 5.00. The molecule has 2 heterocycles. The fourth-order valence-electron chi connectivity index (χ4n) is 3.42. The number of piperidine rings is 1. The van der Waals surface area contributed by atoms with Crippen LogP contribution in [0.4, 0.5) is 5.13 Å². The van der Waals surface area contributed by atoms with Crippen molar-refractivity contribution in [3.8, 4) is 0 Å². The van der Waals surface area contributed by atoms with E-state index in [9.17, 15) is 0 Å². The van der Waals surface area contributed by atoms with Crippen LogP contribution in [-0.2, 0) is 13.0 Å². The molecule has 2 aliphatic rings. The Morgan fingerprint density at radius 1 is 1.24 bits per heavy atom. The summed E-state index contributed by atoms with van der Waals surface area (Å²) in [7, 11) is 0. The highest BCUT2D eigenvalue weighted by Crippen LogP contribution is 2.32. The molecule has 1 saturated carbocycles. The smallest absolute Gasteiger partial charge is 0.185 e. The molecule has 4 heteroatoms. The molecule has 1 aliphatic carbocycles. The SMILES string of the molecule is CCCc1nc(N2CC(C)CC(C)C2)sc1CNC1CC1.